The molecule has 1 aromatic carbocycles. The number of anilines is 2. The molecule has 2 nitrogen and oxygen atoms in total. The van der Waals surface area contributed by atoms with Crippen molar-refractivity contribution in [1.82, 2.24) is 0 Å². The van der Waals surface area contributed by atoms with Gasteiger partial charge in [-0.2, -0.15) is 0 Å². The highest BCUT2D eigenvalue weighted by molar-refractivity contribution is 5.62. The fourth-order valence-corrected chi connectivity index (χ4v) is 4.70. The van der Waals surface area contributed by atoms with E-state index in [1.54, 1.807) is 0 Å². The number of rotatable bonds is 1. The van der Waals surface area contributed by atoms with Crippen molar-refractivity contribution in [2.75, 3.05) is 29.9 Å². The second-order valence-electron chi connectivity index (χ2n) is 7.42. The van der Waals surface area contributed by atoms with Gasteiger partial charge in [0.15, 0.2) is 0 Å². The van der Waals surface area contributed by atoms with Gasteiger partial charge < -0.3 is 10.2 Å². The van der Waals surface area contributed by atoms with Crippen molar-refractivity contribution in [1.29, 1.82) is 0 Å². The molecule has 2 heterocycles. The smallest absolute Gasteiger partial charge is 0.0374 e. The van der Waals surface area contributed by atoms with Crippen molar-refractivity contribution in [2.24, 2.45) is 5.41 Å². The van der Waals surface area contributed by atoms with Gasteiger partial charge in [-0.25, -0.2) is 0 Å². The lowest BCUT2D eigenvalue weighted by atomic mass is 9.68. The Kier molecular flexibility index (Phi) is 3.56. The Balaban J connectivity index is 1.46. The topological polar surface area (TPSA) is 15.3 Å². The van der Waals surface area contributed by atoms with Crippen LogP contribution in [-0.4, -0.2) is 19.6 Å². The molecule has 0 aromatic heterocycles. The molecule has 114 valence electrons. The second-order valence-corrected chi connectivity index (χ2v) is 7.42. The van der Waals surface area contributed by atoms with E-state index in [9.17, 15) is 0 Å². The molecule has 1 spiro atoms. The third-order valence-electron chi connectivity index (χ3n) is 6.13. The van der Waals surface area contributed by atoms with Crippen LogP contribution >= 0.6 is 0 Å². The van der Waals surface area contributed by atoms with Crippen molar-refractivity contribution in [3.63, 3.8) is 0 Å². The summed E-state index contributed by atoms with van der Waals surface area (Å²) in [7, 11) is 0. The molecule has 2 fully saturated rings. The first-order valence-electron chi connectivity index (χ1n) is 8.97. The molecular weight excluding hydrogens is 256 g/mol. The minimum absolute atomic E-state index is 0.713. The summed E-state index contributed by atoms with van der Waals surface area (Å²) in [5.74, 6) is 0. The molecular formula is C19H28N2. The van der Waals surface area contributed by atoms with Gasteiger partial charge in [0.05, 0.1) is 0 Å². The third kappa shape index (κ3) is 2.65. The Hall–Kier alpha value is -1.18. The predicted octanol–water partition coefficient (Wildman–Crippen LogP) is 4.60. The predicted molar refractivity (Wildman–Crippen MR) is 90.2 cm³/mol. The number of benzene rings is 1. The van der Waals surface area contributed by atoms with Gasteiger partial charge in [-0.15, -0.1) is 0 Å². The number of hydrogen-bond donors (Lipinski definition) is 1. The molecule has 1 aromatic rings. The Morgan fingerprint density at radius 1 is 0.905 bits per heavy atom. The maximum absolute atomic E-state index is 3.52. The lowest BCUT2D eigenvalue weighted by Gasteiger charge is -2.45. The number of piperidine rings is 1. The molecule has 2 heteroatoms. The number of aryl methyl sites for hydroxylation is 1. The van der Waals surface area contributed by atoms with E-state index in [1.807, 2.05) is 0 Å². The molecule has 0 radical (unpaired) electrons. The number of nitrogens with one attached hydrogen (secondary N) is 1. The third-order valence-corrected chi connectivity index (χ3v) is 6.13. The number of hydrogen-bond acceptors (Lipinski definition) is 2. The van der Waals surface area contributed by atoms with Crippen LogP contribution < -0.4 is 10.2 Å². The molecule has 0 atom stereocenters. The highest BCUT2D eigenvalue weighted by Gasteiger charge is 2.35. The van der Waals surface area contributed by atoms with Gasteiger partial charge in [-0.3, -0.25) is 0 Å². The van der Waals surface area contributed by atoms with Gasteiger partial charge >= 0.3 is 0 Å². The molecule has 0 amide bonds. The average Bonchev–Trinajstić information content (AvgIpc) is 2.56. The first-order valence-corrected chi connectivity index (χ1v) is 8.97. The second kappa shape index (κ2) is 5.55. The summed E-state index contributed by atoms with van der Waals surface area (Å²) in [6.45, 7) is 3.68. The molecule has 4 rings (SSSR count). The van der Waals surface area contributed by atoms with E-state index in [-0.39, 0.29) is 0 Å². The van der Waals surface area contributed by atoms with E-state index in [0.717, 1.165) is 6.54 Å². The van der Waals surface area contributed by atoms with Crippen LogP contribution in [-0.2, 0) is 6.42 Å². The van der Waals surface area contributed by atoms with E-state index in [4.69, 9.17) is 0 Å². The number of fused-ring (bicyclic) bond motifs is 1. The zero-order chi connectivity index (χ0) is 14.1. The fourth-order valence-electron chi connectivity index (χ4n) is 4.70. The van der Waals surface area contributed by atoms with Crippen LogP contribution in [0.5, 0.6) is 0 Å². The lowest BCUT2D eigenvalue weighted by molar-refractivity contribution is 0.144. The summed E-state index contributed by atoms with van der Waals surface area (Å²) in [5, 5.41) is 3.52. The Bertz CT molecular complexity index is 492. The summed E-state index contributed by atoms with van der Waals surface area (Å²) in [5.41, 5.74) is 5.07. The minimum Gasteiger partial charge on any atom is -0.385 e. The van der Waals surface area contributed by atoms with Crippen molar-refractivity contribution >= 4 is 11.4 Å². The maximum Gasteiger partial charge on any atom is 0.0374 e. The fraction of sp³-hybridized carbons (Fsp3) is 0.684. The summed E-state index contributed by atoms with van der Waals surface area (Å²) in [4.78, 5) is 2.63. The Morgan fingerprint density at radius 3 is 2.52 bits per heavy atom. The minimum atomic E-state index is 0.713. The lowest BCUT2D eigenvalue weighted by Crippen LogP contribution is -2.41. The van der Waals surface area contributed by atoms with Gasteiger partial charge in [-0.05, 0) is 67.7 Å². The van der Waals surface area contributed by atoms with Gasteiger partial charge in [0.2, 0.25) is 0 Å². The average molecular weight is 284 g/mol. The molecule has 3 aliphatic rings. The Labute approximate surface area is 128 Å². The van der Waals surface area contributed by atoms with Crippen LogP contribution in [0, 0.1) is 5.41 Å². The van der Waals surface area contributed by atoms with E-state index in [0.29, 0.717) is 5.41 Å². The van der Waals surface area contributed by atoms with Crippen LogP contribution in [0.1, 0.15) is 56.9 Å². The Morgan fingerprint density at radius 2 is 1.71 bits per heavy atom. The zero-order valence-electron chi connectivity index (χ0n) is 13.2. The highest BCUT2D eigenvalue weighted by atomic mass is 15.1. The van der Waals surface area contributed by atoms with Gasteiger partial charge in [0.1, 0.15) is 0 Å². The van der Waals surface area contributed by atoms with Crippen LogP contribution in [0.3, 0.4) is 0 Å². The normalized spacial score (nSPS) is 24.5. The van der Waals surface area contributed by atoms with Crippen LogP contribution in [0.25, 0.3) is 0 Å². The van der Waals surface area contributed by atoms with E-state index < -0.39 is 0 Å². The van der Waals surface area contributed by atoms with Crippen molar-refractivity contribution in [3.05, 3.63) is 23.8 Å². The van der Waals surface area contributed by atoms with E-state index in [1.165, 1.54) is 87.8 Å². The quantitative estimate of drug-likeness (QED) is 0.811. The van der Waals surface area contributed by atoms with Crippen LogP contribution in [0.2, 0.25) is 0 Å². The van der Waals surface area contributed by atoms with Crippen LogP contribution in [0.15, 0.2) is 18.2 Å². The number of nitrogens with zero attached hydrogens (tertiary/aromatic N) is 1. The standard InChI is InChI=1S/C19H28N2/c1-2-8-19(9-3-1)10-13-21(14-11-19)17-6-7-18-16(15-17)5-4-12-20-18/h6-7,15,20H,1-5,8-14H2. The summed E-state index contributed by atoms with van der Waals surface area (Å²) < 4.78 is 0. The van der Waals surface area contributed by atoms with Gasteiger partial charge in [-0.1, -0.05) is 19.3 Å². The monoisotopic (exact) mass is 284 g/mol. The summed E-state index contributed by atoms with van der Waals surface area (Å²) in [6, 6.07) is 7.07. The van der Waals surface area contributed by atoms with E-state index >= 15 is 0 Å². The maximum atomic E-state index is 3.52. The molecule has 0 bridgehead atoms. The van der Waals surface area contributed by atoms with Gasteiger partial charge in [0, 0.05) is 31.0 Å². The van der Waals surface area contributed by atoms with Gasteiger partial charge in [0.25, 0.3) is 0 Å². The van der Waals surface area contributed by atoms with E-state index in [2.05, 4.69) is 28.4 Å². The molecule has 0 unspecified atom stereocenters. The van der Waals surface area contributed by atoms with Crippen LogP contribution in [0.4, 0.5) is 11.4 Å². The molecule has 1 saturated heterocycles. The first kappa shape index (κ1) is 13.5. The first-order chi connectivity index (χ1) is 10.3. The molecule has 1 saturated carbocycles. The summed E-state index contributed by atoms with van der Waals surface area (Å²) >= 11 is 0. The van der Waals surface area contributed by atoms with Crippen molar-refractivity contribution in [3.8, 4) is 0 Å². The highest BCUT2D eigenvalue weighted by Crippen LogP contribution is 2.45. The molecule has 1 N–H and O–H groups in total. The molecule has 2 aliphatic heterocycles. The zero-order valence-corrected chi connectivity index (χ0v) is 13.2. The van der Waals surface area contributed by atoms with Crippen molar-refractivity contribution < 1.29 is 0 Å². The van der Waals surface area contributed by atoms with Crippen molar-refractivity contribution in [2.45, 2.75) is 57.8 Å². The molecule has 21 heavy (non-hydrogen) atoms. The SMILES string of the molecule is c1cc2c(cc1N1CCC3(CCCCC3)CC1)CCCN2. The summed E-state index contributed by atoms with van der Waals surface area (Å²) in [6.07, 6.45) is 12.8. The largest absolute Gasteiger partial charge is 0.385 e. The molecule has 1 aliphatic carbocycles.